The van der Waals surface area contributed by atoms with E-state index in [-0.39, 0.29) is 29.6 Å². The molecule has 49 heavy (non-hydrogen) atoms. The summed E-state index contributed by atoms with van der Waals surface area (Å²) in [6, 6.07) is 22.6. The molecule has 0 aliphatic carbocycles. The minimum absolute atomic E-state index is 0. The molecule has 3 atom stereocenters. The topological polar surface area (TPSA) is 86.6 Å². The average Bonchev–Trinajstić information content (AvgIpc) is 3.90. The molecular weight excluding hydrogens is 731 g/mol. The third-order valence-corrected chi connectivity index (χ3v) is 9.61. The largest absolute Gasteiger partial charge is 0.491 e. The fraction of sp³-hybridized carbons (Fsp3) is 0.371. The van der Waals surface area contributed by atoms with Crippen LogP contribution < -0.4 is 19.1 Å². The van der Waals surface area contributed by atoms with Crippen molar-refractivity contribution in [3.05, 3.63) is 108 Å². The van der Waals surface area contributed by atoms with Crippen LogP contribution in [0.15, 0.2) is 92.0 Å². The molecule has 2 aliphatic rings. The smallest absolute Gasteiger partial charge is 0.270 e. The molecule has 258 valence electrons. The van der Waals surface area contributed by atoms with E-state index in [1.54, 1.807) is 23.1 Å². The molecule has 2 saturated heterocycles. The Kier molecular flexibility index (Phi) is 11.1. The first-order valence-electron chi connectivity index (χ1n) is 16.3. The first kappa shape index (κ1) is 35.2. The van der Waals surface area contributed by atoms with Gasteiger partial charge in [-0.1, -0.05) is 36.2 Å². The van der Waals surface area contributed by atoms with Gasteiger partial charge in [-0.15, -0.1) is 21.7 Å². The zero-order valence-electron chi connectivity index (χ0n) is 27.4. The lowest BCUT2D eigenvalue weighted by atomic mass is 10.1. The highest BCUT2D eigenvalue weighted by atomic mass is 79.9. The number of nitrogens with zero attached hydrogens (tertiary/aromatic N) is 8. The van der Waals surface area contributed by atoms with Crippen LogP contribution in [-0.2, 0) is 21.8 Å². The van der Waals surface area contributed by atoms with Gasteiger partial charge in [0.25, 0.3) is 6.33 Å². The maximum absolute atomic E-state index is 6.59. The van der Waals surface area contributed by atoms with Crippen molar-refractivity contribution in [3.8, 4) is 11.4 Å². The predicted molar refractivity (Wildman–Crippen MR) is 194 cm³/mol. The molecule has 2 aliphatic heterocycles. The van der Waals surface area contributed by atoms with Crippen LogP contribution in [-0.4, -0.2) is 70.0 Å². The summed E-state index contributed by atoms with van der Waals surface area (Å²) in [4.78, 5) is 8.90. The molecule has 5 aromatic rings. The zero-order valence-corrected chi connectivity index (χ0v) is 30.7. The monoisotopic (exact) mass is 769 g/mol. The van der Waals surface area contributed by atoms with Crippen LogP contribution in [0.1, 0.15) is 31.9 Å². The van der Waals surface area contributed by atoms with Gasteiger partial charge >= 0.3 is 0 Å². The first-order valence-corrected chi connectivity index (χ1v) is 17.0. The zero-order chi connectivity index (χ0) is 33.1. The number of piperazine rings is 1. The third-order valence-electron chi connectivity index (χ3n) is 9.06. The van der Waals surface area contributed by atoms with Crippen LogP contribution in [0.5, 0.6) is 5.75 Å². The Bertz CT molecular complexity index is 1800. The fourth-order valence-electron chi connectivity index (χ4n) is 6.13. The van der Waals surface area contributed by atoms with Gasteiger partial charge in [-0.3, -0.25) is 0 Å². The lowest BCUT2D eigenvalue weighted by Gasteiger charge is -2.37. The van der Waals surface area contributed by atoms with Crippen LogP contribution in [0.4, 0.5) is 11.4 Å². The van der Waals surface area contributed by atoms with Crippen molar-refractivity contribution in [3.63, 3.8) is 0 Å². The van der Waals surface area contributed by atoms with E-state index in [0.717, 1.165) is 44.0 Å². The van der Waals surface area contributed by atoms with Crippen molar-refractivity contribution in [2.45, 2.75) is 44.7 Å². The second-order valence-corrected chi connectivity index (χ2v) is 13.1. The molecule has 2 fully saturated rings. The molecule has 0 N–H and O–H groups in total. The van der Waals surface area contributed by atoms with Crippen LogP contribution in [0.2, 0.25) is 10.0 Å². The Labute approximate surface area is 306 Å². The van der Waals surface area contributed by atoms with Gasteiger partial charge in [0.2, 0.25) is 12.1 Å². The highest BCUT2D eigenvalue weighted by molar-refractivity contribution is 8.93. The second kappa shape index (κ2) is 15.5. The summed E-state index contributed by atoms with van der Waals surface area (Å²) in [5.74, 6) is -0.375. The number of hydrogen-bond donors (Lipinski definition) is 0. The van der Waals surface area contributed by atoms with Gasteiger partial charge in [0.05, 0.1) is 11.6 Å². The third kappa shape index (κ3) is 7.89. The minimum atomic E-state index is -1.15. The maximum Gasteiger partial charge on any atom is 0.270 e. The molecule has 4 heterocycles. The summed E-state index contributed by atoms with van der Waals surface area (Å²) >= 11 is 12.7. The van der Waals surface area contributed by atoms with E-state index < -0.39 is 5.79 Å². The second-order valence-electron chi connectivity index (χ2n) is 12.2. The van der Waals surface area contributed by atoms with Gasteiger partial charge in [0.1, 0.15) is 49.4 Å². The number of ether oxygens (including phenoxy) is 3. The quantitative estimate of drug-likeness (QED) is 0.145. The molecule has 14 heteroatoms. The van der Waals surface area contributed by atoms with E-state index in [1.165, 1.54) is 17.7 Å². The molecular formula is C35H40BrCl2N8O3+. The fourth-order valence-corrected chi connectivity index (χ4v) is 6.69. The molecule has 7 rings (SSSR count). The number of rotatable bonds is 11. The van der Waals surface area contributed by atoms with E-state index >= 15 is 0 Å². The summed E-state index contributed by atoms with van der Waals surface area (Å²) in [6.07, 6.45) is 7.75. The van der Waals surface area contributed by atoms with Gasteiger partial charge < -0.3 is 24.0 Å². The van der Waals surface area contributed by atoms with Crippen LogP contribution >= 0.6 is 40.2 Å². The van der Waals surface area contributed by atoms with Crippen molar-refractivity contribution in [1.82, 2.24) is 24.5 Å². The number of hydrogen-bond acceptors (Lipinski definition) is 8. The Morgan fingerprint density at radius 2 is 1.65 bits per heavy atom. The van der Waals surface area contributed by atoms with Gasteiger partial charge in [0, 0.05) is 53.2 Å². The van der Waals surface area contributed by atoms with Crippen LogP contribution in [0.25, 0.3) is 5.69 Å². The molecule has 0 radical (unpaired) electrons. The number of aromatic nitrogens is 6. The highest BCUT2D eigenvalue weighted by Gasteiger charge is 2.45. The number of halogens is 3. The van der Waals surface area contributed by atoms with Crippen molar-refractivity contribution in [2.75, 3.05) is 49.2 Å². The first-order chi connectivity index (χ1) is 23.4. The summed E-state index contributed by atoms with van der Waals surface area (Å²) in [7, 11) is 0. The minimum Gasteiger partial charge on any atom is -0.491 e. The Balaban J connectivity index is 0.00000417. The number of anilines is 2. The molecule has 0 saturated carbocycles. The Morgan fingerprint density at radius 1 is 0.959 bits per heavy atom. The van der Waals surface area contributed by atoms with Crippen molar-refractivity contribution in [1.29, 1.82) is 0 Å². The lowest BCUT2D eigenvalue weighted by Crippen LogP contribution is -2.46. The number of benzene rings is 3. The summed E-state index contributed by atoms with van der Waals surface area (Å²) in [6.45, 7) is 9.06. The Hall–Kier alpha value is -3.68. The van der Waals surface area contributed by atoms with Crippen LogP contribution in [0.3, 0.4) is 0 Å². The van der Waals surface area contributed by atoms with Gasteiger partial charge in [-0.25, -0.2) is 14.2 Å². The normalized spacial score (nSPS) is 19.9. The van der Waals surface area contributed by atoms with Crippen molar-refractivity contribution in [2.24, 2.45) is 0 Å². The molecule has 3 aromatic carbocycles. The van der Waals surface area contributed by atoms with E-state index in [9.17, 15) is 0 Å². The van der Waals surface area contributed by atoms with E-state index in [1.807, 2.05) is 29.2 Å². The van der Waals surface area contributed by atoms with E-state index in [2.05, 4.69) is 86.1 Å². The average molecular weight is 772 g/mol. The molecule has 2 aromatic heterocycles. The van der Waals surface area contributed by atoms with Gasteiger partial charge in [-0.2, -0.15) is 5.10 Å². The van der Waals surface area contributed by atoms with Gasteiger partial charge in [0.15, 0.2) is 0 Å². The SMILES string of the molecule is Br.CCC(C)n1c[n+](-c2ccc(N3CCN(c4ccc(OC[C@H]5CO[C@](Cn6cncn6)(c6ccc(Cl)cc6Cl)O5)cc4)CC3)cc2)cn1. The predicted octanol–water partition coefficient (Wildman–Crippen LogP) is 6.28. The molecule has 11 nitrogen and oxygen atoms in total. The maximum atomic E-state index is 6.59. The highest BCUT2D eigenvalue weighted by Crippen LogP contribution is 2.40. The van der Waals surface area contributed by atoms with Crippen LogP contribution in [0, 0.1) is 0 Å². The molecule has 0 spiro atoms. The van der Waals surface area contributed by atoms with Crippen molar-refractivity contribution >= 4 is 51.6 Å². The Morgan fingerprint density at radius 3 is 2.29 bits per heavy atom. The summed E-state index contributed by atoms with van der Waals surface area (Å²) in [5, 5.41) is 9.74. The standard InChI is InChI=1S/C35H39Cl2N8O3.BrH/c1-3-26(2)45-25-43(24-40-45)30-7-5-28(6-8-30)41-14-16-42(17-15-41)29-9-11-31(12-10-29)46-19-32-20-47-35(48-32,21-44-23-38-22-39-44)33-13-4-27(36)18-34(33)37;/h4-13,18,22-26,32H,3,14-17,19-21H2,1-2H3;1H/q+1;/t26?,32-,35-;/m0./s1. The molecule has 0 amide bonds. The van der Waals surface area contributed by atoms with Gasteiger partial charge in [-0.05, 0) is 74.0 Å². The van der Waals surface area contributed by atoms with Crippen molar-refractivity contribution < 1.29 is 18.8 Å². The molecule has 0 bridgehead atoms. The van der Waals surface area contributed by atoms with E-state index in [0.29, 0.717) is 34.9 Å². The van der Waals surface area contributed by atoms with E-state index in [4.69, 9.17) is 37.4 Å². The molecule has 1 unspecified atom stereocenters. The summed E-state index contributed by atoms with van der Waals surface area (Å²) < 4.78 is 24.6. The lowest BCUT2D eigenvalue weighted by molar-refractivity contribution is -0.596. The summed E-state index contributed by atoms with van der Waals surface area (Å²) in [5.41, 5.74) is 4.20.